The van der Waals surface area contributed by atoms with Crippen LogP contribution in [0.2, 0.25) is 0 Å². The summed E-state index contributed by atoms with van der Waals surface area (Å²) in [6, 6.07) is 8.21. The highest BCUT2D eigenvalue weighted by atomic mass is 16.3. The van der Waals surface area contributed by atoms with Gasteiger partial charge in [0.05, 0.1) is 5.60 Å². The second kappa shape index (κ2) is 4.09. The van der Waals surface area contributed by atoms with E-state index in [1.54, 1.807) is 0 Å². The maximum atomic E-state index is 10.4. The van der Waals surface area contributed by atoms with Gasteiger partial charge < -0.3 is 10.4 Å². The Morgan fingerprint density at radius 1 is 1.35 bits per heavy atom. The van der Waals surface area contributed by atoms with Gasteiger partial charge in [-0.2, -0.15) is 0 Å². The minimum absolute atomic E-state index is 0.586. The molecular formula is C14H16N2O. The summed E-state index contributed by atoms with van der Waals surface area (Å²) in [5.41, 5.74) is 0.619. The summed E-state index contributed by atoms with van der Waals surface area (Å²) in [5.74, 6) is 0. The summed E-state index contributed by atoms with van der Waals surface area (Å²) >= 11 is 0. The predicted octanol–water partition coefficient (Wildman–Crippen LogP) is 1.50. The molecule has 1 unspecified atom stereocenters. The van der Waals surface area contributed by atoms with Crippen molar-refractivity contribution in [3.8, 4) is 0 Å². The number of pyridine rings is 1. The van der Waals surface area contributed by atoms with Crippen molar-refractivity contribution in [3.05, 3.63) is 42.2 Å². The summed E-state index contributed by atoms with van der Waals surface area (Å²) < 4.78 is 0. The zero-order valence-corrected chi connectivity index (χ0v) is 9.69. The van der Waals surface area contributed by atoms with Crippen LogP contribution in [0.15, 0.2) is 36.7 Å². The van der Waals surface area contributed by atoms with E-state index in [0.29, 0.717) is 13.0 Å². The molecule has 1 fully saturated rings. The third-order valence-corrected chi connectivity index (χ3v) is 3.51. The third-order valence-electron chi connectivity index (χ3n) is 3.51. The fraction of sp³-hybridized carbons (Fsp3) is 0.357. The smallest absolute Gasteiger partial charge is 0.0823 e. The van der Waals surface area contributed by atoms with Gasteiger partial charge in [0.1, 0.15) is 0 Å². The molecule has 0 saturated carbocycles. The number of β-amino-alcohol motifs (C(OH)–C–C–N with tert-alkyl or cyclic N) is 1. The molecule has 2 N–H and O–H groups in total. The zero-order valence-electron chi connectivity index (χ0n) is 9.69. The Hall–Kier alpha value is -1.45. The maximum Gasteiger partial charge on any atom is 0.0823 e. The maximum absolute atomic E-state index is 10.4. The lowest BCUT2D eigenvalue weighted by Crippen LogP contribution is -2.33. The summed E-state index contributed by atoms with van der Waals surface area (Å²) in [4.78, 5) is 4.13. The second-order valence-corrected chi connectivity index (χ2v) is 4.84. The number of rotatable bonds is 2. The van der Waals surface area contributed by atoms with Crippen LogP contribution < -0.4 is 5.32 Å². The quantitative estimate of drug-likeness (QED) is 0.818. The lowest BCUT2D eigenvalue weighted by Gasteiger charge is -2.22. The topological polar surface area (TPSA) is 45.2 Å². The SMILES string of the molecule is OC1(Cc2cccc3cnccc23)CCNC1. The summed E-state index contributed by atoms with van der Waals surface area (Å²) in [5, 5.41) is 16.0. The summed E-state index contributed by atoms with van der Waals surface area (Å²) in [6.45, 7) is 1.59. The van der Waals surface area contributed by atoms with E-state index < -0.39 is 5.60 Å². The normalized spacial score (nSPS) is 24.3. The van der Waals surface area contributed by atoms with Gasteiger partial charge in [0.25, 0.3) is 0 Å². The molecule has 3 heteroatoms. The van der Waals surface area contributed by atoms with E-state index in [9.17, 15) is 5.11 Å². The van der Waals surface area contributed by atoms with E-state index in [2.05, 4.69) is 22.4 Å². The largest absolute Gasteiger partial charge is 0.388 e. The number of hydrogen-bond donors (Lipinski definition) is 2. The monoisotopic (exact) mass is 228 g/mol. The first kappa shape index (κ1) is 10.7. The molecule has 1 atom stereocenters. The molecule has 0 spiro atoms. The average molecular weight is 228 g/mol. The molecule has 88 valence electrons. The average Bonchev–Trinajstić information content (AvgIpc) is 2.76. The van der Waals surface area contributed by atoms with Gasteiger partial charge in [-0.15, -0.1) is 0 Å². The van der Waals surface area contributed by atoms with Crippen molar-refractivity contribution < 1.29 is 5.11 Å². The van der Waals surface area contributed by atoms with Crippen LogP contribution >= 0.6 is 0 Å². The number of aliphatic hydroxyl groups is 1. The molecule has 3 nitrogen and oxygen atoms in total. The first-order valence-electron chi connectivity index (χ1n) is 6.02. The Bertz CT molecular complexity index is 527. The van der Waals surface area contributed by atoms with Crippen molar-refractivity contribution in [1.82, 2.24) is 10.3 Å². The molecule has 2 aromatic rings. The number of nitrogens with zero attached hydrogens (tertiary/aromatic N) is 1. The molecule has 0 radical (unpaired) electrons. The molecule has 3 rings (SSSR count). The number of hydrogen-bond acceptors (Lipinski definition) is 3. The van der Waals surface area contributed by atoms with Gasteiger partial charge in [0.2, 0.25) is 0 Å². The Balaban J connectivity index is 2.00. The second-order valence-electron chi connectivity index (χ2n) is 4.84. The Labute approximate surface area is 100 Å². The van der Waals surface area contributed by atoms with Crippen molar-refractivity contribution in [1.29, 1.82) is 0 Å². The first-order chi connectivity index (χ1) is 8.27. The van der Waals surface area contributed by atoms with Gasteiger partial charge in [0, 0.05) is 30.7 Å². The molecule has 1 aliphatic rings. The molecular weight excluding hydrogens is 212 g/mol. The van der Waals surface area contributed by atoms with Crippen molar-refractivity contribution in [2.75, 3.05) is 13.1 Å². The molecule has 1 aromatic heterocycles. The van der Waals surface area contributed by atoms with Gasteiger partial charge in [-0.3, -0.25) is 4.98 Å². The van der Waals surface area contributed by atoms with Crippen molar-refractivity contribution in [3.63, 3.8) is 0 Å². The third kappa shape index (κ3) is 2.04. The molecule has 1 aromatic carbocycles. The molecule has 17 heavy (non-hydrogen) atoms. The molecule has 0 bridgehead atoms. The van der Waals surface area contributed by atoms with Gasteiger partial charge in [-0.05, 0) is 30.0 Å². The lowest BCUT2D eigenvalue weighted by molar-refractivity contribution is 0.0622. The van der Waals surface area contributed by atoms with E-state index >= 15 is 0 Å². The summed E-state index contributed by atoms with van der Waals surface area (Å²) in [6.07, 6.45) is 5.22. The minimum atomic E-state index is -0.586. The predicted molar refractivity (Wildman–Crippen MR) is 67.9 cm³/mol. The van der Waals surface area contributed by atoms with Gasteiger partial charge in [-0.25, -0.2) is 0 Å². The highest BCUT2D eigenvalue weighted by molar-refractivity contribution is 5.84. The van der Waals surface area contributed by atoms with Crippen LogP contribution in [-0.4, -0.2) is 28.8 Å². The van der Waals surface area contributed by atoms with Gasteiger partial charge in [0.15, 0.2) is 0 Å². The Morgan fingerprint density at radius 2 is 2.29 bits per heavy atom. The van der Waals surface area contributed by atoms with Crippen molar-refractivity contribution >= 4 is 10.8 Å². The van der Waals surface area contributed by atoms with Gasteiger partial charge >= 0.3 is 0 Å². The van der Waals surface area contributed by atoms with E-state index in [-0.39, 0.29) is 0 Å². The number of aromatic nitrogens is 1. The molecule has 0 aliphatic carbocycles. The number of nitrogens with one attached hydrogen (secondary N) is 1. The molecule has 1 saturated heterocycles. The van der Waals surface area contributed by atoms with Crippen LogP contribution in [0.25, 0.3) is 10.8 Å². The Morgan fingerprint density at radius 3 is 3.12 bits per heavy atom. The van der Waals surface area contributed by atoms with Crippen molar-refractivity contribution in [2.24, 2.45) is 0 Å². The highest BCUT2D eigenvalue weighted by Gasteiger charge is 2.31. The van der Waals surface area contributed by atoms with Crippen LogP contribution in [0.5, 0.6) is 0 Å². The van der Waals surface area contributed by atoms with Crippen LogP contribution in [-0.2, 0) is 6.42 Å². The standard InChI is InChI=1S/C14H16N2O/c17-14(5-7-16-10-14)8-11-2-1-3-12-9-15-6-4-13(11)12/h1-4,6,9,16-17H,5,7-8,10H2. The lowest BCUT2D eigenvalue weighted by atomic mass is 9.91. The van der Waals surface area contributed by atoms with Crippen LogP contribution in [0.1, 0.15) is 12.0 Å². The Kier molecular flexibility index (Phi) is 2.57. The fourth-order valence-electron chi connectivity index (χ4n) is 2.58. The first-order valence-corrected chi connectivity index (χ1v) is 6.02. The van der Waals surface area contributed by atoms with Gasteiger partial charge in [-0.1, -0.05) is 18.2 Å². The number of fused-ring (bicyclic) bond motifs is 1. The van der Waals surface area contributed by atoms with Crippen LogP contribution in [0, 0.1) is 0 Å². The summed E-state index contributed by atoms with van der Waals surface area (Å²) in [7, 11) is 0. The van der Waals surface area contributed by atoms with Crippen molar-refractivity contribution in [2.45, 2.75) is 18.4 Å². The van der Waals surface area contributed by atoms with Crippen LogP contribution in [0.3, 0.4) is 0 Å². The van der Waals surface area contributed by atoms with Crippen LogP contribution in [0.4, 0.5) is 0 Å². The molecule has 0 amide bonds. The van der Waals surface area contributed by atoms with E-state index in [4.69, 9.17) is 0 Å². The van der Waals surface area contributed by atoms with E-state index in [0.717, 1.165) is 18.4 Å². The van der Waals surface area contributed by atoms with E-state index in [1.807, 2.05) is 24.5 Å². The molecule has 1 aliphatic heterocycles. The minimum Gasteiger partial charge on any atom is -0.388 e. The highest BCUT2D eigenvalue weighted by Crippen LogP contribution is 2.25. The molecule has 2 heterocycles. The fourth-order valence-corrected chi connectivity index (χ4v) is 2.58. The zero-order chi connectivity index (χ0) is 11.7. The van der Waals surface area contributed by atoms with E-state index in [1.165, 1.54) is 10.9 Å². The number of benzene rings is 1.